The molecule has 1 aromatic heterocycles. The average molecular weight is 325 g/mol. The zero-order valence-electron chi connectivity index (χ0n) is 6.95. The summed E-state index contributed by atoms with van der Waals surface area (Å²) in [6, 6.07) is 1.52. The molecule has 15 heavy (non-hydrogen) atoms. The fraction of sp³-hybridized carbons (Fsp3) is 0.143. The third-order valence-electron chi connectivity index (χ3n) is 1.54. The second kappa shape index (κ2) is 4.43. The highest BCUT2D eigenvalue weighted by atomic mass is 127. The van der Waals surface area contributed by atoms with E-state index in [-0.39, 0.29) is 9.13 Å². The Morgan fingerprint density at radius 3 is 2.67 bits per heavy atom. The van der Waals surface area contributed by atoms with Gasteiger partial charge in [0.15, 0.2) is 5.69 Å². The second-order valence-electron chi connectivity index (χ2n) is 2.38. The Kier molecular flexibility index (Phi) is 3.46. The number of hydrogen-bond donors (Lipinski definition) is 0. The molecule has 1 aromatic rings. The Labute approximate surface area is 96.0 Å². The number of hydrogen-bond acceptors (Lipinski definition) is 4. The van der Waals surface area contributed by atoms with Crippen LogP contribution in [0, 0.1) is 25.0 Å². The van der Waals surface area contributed by atoms with Crippen molar-refractivity contribution in [2.24, 2.45) is 0 Å². The molecule has 0 aromatic carbocycles. The summed E-state index contributed by atoms with van der Waals surface area (Å²) in [4.78, 5) is 12.8. The molecule has 0 atom stereocenters. The number of halogens is 3. The van der Waals surface area contributed by atoms with Gasteiger partial charge in [-0.15, -0.1) is 0 Å². The van der Waals surface area contributed by atoms with Crippen LogP contribution in [0.3, 0.4) is 0 Å². The normalized spacial score (nSPS) is 10.1. The van der Waals surface area contributed by atoms with Crippen molar-refractivity contribution < 1.29 is 13.7 Å². The van der Waals surface area contributed by atoms with Gasteiger partial charge in [0.05, 0.1) is 8.49 Å². The van der Waals surface area contributed by atoms with E-state index in [1.54, 1.807) is 22.6 Å². The van der Waals surface area contributed by atoms with Crippen LogP contribution in [0.4, 0.5) is 14.5 Å². The lowest BCUT2D eigenvalue weighted by molar-refractivity contribution is -0.387. The molecule has 5 nitrogen and oxygen atoms in total. The Morgan fingerprint density at radius 1 is 1.67 bits per heavy atom. The summed E-state index contributed by atoms with van der Waals surface area (Å²) in [6.07, 6.45) is -2.07. The molecule has 0 saturated carbocycles. The molecule has 1 rings (SSSR count). The SMILES string of the molecule is N#Cc1c(I)cnc(C(F)F)c1[N+](=O)[O-]. The maximum atomic E-state index is 12.4. The van der Waals surface area contributed by atoms with E-state index in [9.17, 15) is 18.9 Å². The first-order valence-electron chi connectivity index (χ1n) is 3.50. The first-order chi connectivity index (χ1) is 6.99. The van der Waals surface area contributed by atoms with Gasteiger partial charge in [-0.2, -0.15) is 5.26 Å². The molecule has 0 unspecified atom stereocenters. The smallest absolute Gasteiger partial charge is 0.258 e. The van der Waals surface area contributed by atoms with E-state index in [2.05, 4.69) is 4.98 Å². The monoisotopic (exact) mass is 325 g/mol. The fourth-order valence-electron chi connectivity index (χ4n) is 0.944. The maximum Gasteiger partial charge on any atom is 0.315 e. The highest BCUT2D eigenvalue weighted by Crippen LogP contribution is 2.31. The molecule has 0 saturated heterocycles. The molecule has 0 fully saturated rings. The van der Waals surface area contributed by atoms with Crippen LogP contribution in [0.25, 0.3) is 0 Å². The number of pyridine rings is 1. The molecule has 0 amide bonds. The number of aromatic nitrogens is 1. The van der Waals surface area contributed by atoms with Crippen LogP contribution in [0.15, 0.2) is 6.20 Å². The molecule has 0 spiro atoms. The van der Waals surface area contributed by atoms with Crippen LogP contribution in [0.2, 0.25) is 0 Å². The van der Waals surface area contributed by atoms with Crippen molar-refractivity contribution in [1.29, 1.82) is 5.26 Å². The minimum atomic E-state index is -3.07. The van der Waals surface area contributed by atoms with Gasteiger partial charge in [-0.1, -0.05) is 0 Å². The van der Waals surface area contributed by atoms with Gasteiger partial charge in [0, 0.05) is 6.20 Å². The summed E-state index contributed by atoms with van der Waals surface area (Å²) in [5.41, 5.74) is -2.28. The lowest BCUT2D eigenvalue weighted by Crippen LogP contribution is -2.03. The van der Waals surface area contributed by atoms with E-state index < -0.39 is 22.7 Å². The highest BCUT2D eigenvalue weighted by molar-refractivity contribution is 14.1. The quantitative estimate of drug-likeness (QED) is 0.475. The molecule has 1 heterocycles. The molecule has 0 N–H and O–H groups in total. The molecule has 0 aliphatic rings. The molecule has 0 aliphatic carbocycles. The lowest BCUT2D eigenvalue weighted by Gasteiger charge is -2.02. The van der Waals surface area contributed by atoms with Gasteiger partial charge >= 0.3 is 5.69 Å². The third-order valence-corrected chi connectivity index (χ3v) is 2.35. The van der Waals surface area contributed by atoms with Gasteiger partial charge in [0.25, 0.3) is 6.43 Å². The Balaban J connectivity index is 3.58. The van der Waals surface area contributed by atoms with Gasteiger partial charge in [0.2, 0.25) is 0 Å². The molecule has 0 aliphatic heterocycles. The summed E-state index contributed by atoms with van der Waals surface area (Å²) in [5, 5.41) is 19.2. The number of nitriles is 1. The molecule has 8 heteroatoms. The zero-order valence-corrected chi connectivity index (χ0v) is 9.10. The van der Waals surface area contributed by atoms with Crippen molar-refractivity contribution in [1.82, 2.24) is 4.98 Å². The standard InChI is InChI=1S/C7H2F2IN3O2/c8-7(9)5-6(13(14)15)3(1-11)4(10)2-12-5/h2,7H. The first-order valence-corrected chi connectivity index (χ1v) is 4.58. The average Bonchev–Trinajstić information content (AvgIpc) is 2.16. The highest BCUT2D eigenvalue weighted by Gasteiger charge is 2.29. The van der Waals surface area contributed by atoms with Crippen molar-refractivity contribution in [3.05, 3.63) is 31.1 Å². The van der Waals surface area contributed by atoms with E-state index >= 15 is 0 Å². The molecule has 0 radical (unpaired) electrons. The van der Waals surface area contributed by atoms with E-state index in [0.29, 0.717) is 0 Å². The summed E-state index contributed by atoms with van der Waals surface area (Å²) in [7, 11) is 0. The molecule has 0 bridgehead atoms. The van der Waals surface area contributed by atoms with Crippen molar-refractivity contribution in [3.63, 3.8) is 0 Å². The Morgan fingerprint density at radius 2 is 2.27 bits per heavy atom. The van der Waals surface area contributed by atoms with Crippen molar-refractivity contribution in [3.8, 4) is 6.07 Å². The van der Waals surface area contributed by atoms with Crippen LogP contribution >= 0.6 is 22.6 Å². The minimum absolute atomic E-state index is 0.172. The second-order valence-corrected chi connectivity index (χ2v) is 3.55. The Bertz CT molecular complexity index is 458. The van der Waals surface area contributed by atoms with Gasteiger partial charge in [-0.05, 0) is 22.6 Å². The molecular weight excluding hydrogens is 323 g/mol. The van der Waals surface area contributed by atoms with Crippen LogP contribution < -0.4 is 0 Å². The van der Waals surface area contributed by atoms with Gasteiger partial charge < -0.3 is 0 Å². The lowest BCUT2D eigenvalue weighted by atomic mass is 10.2. The summed E-state index contributed by atoms with van der Waals surface area (Å²) in [5.74, 6) is 0. The topological polar surface area (TPSA) is 79.8 Å². The van der Waals surface area contributed by atoms with Crippen LogP contribution in [0.5, 0.6) is 0 Å². The maximum absolute atomic E-state index is 12.4. The number of nitrogens with zero attached hydrogens (tertiary/aromatic N) is 3. The summed E-state index contributed by atoms with van der Waals surface area (Å²) >= 11 is 1.63. The van der Waals surface area contributed by atoms with Gasteiger partial charge in [-0.3, -0.25) is 10.1 Å². The van der Waals surface area contributed by atoms with Crippen molar-refractivity contribution in [2.75, 3.05) is 0 Å². The van der Waals surface area contributed by atoms with Crippen LogP contribution in [-0.2, 0) is 0 Å². The van der Waals surface area contributed by atoms with Crippen molar-refractivity contribution >= 4 is 28.3 Å². The minimum Gasteiger partial charge on any atom is -0.258 e. The summed E-state index contributed by atoms with van der Waals surface area (Å²) < 4.78 is 24.9. The van der Waals surface area contributed by atoms with E-state index in [1.807, 2.05) is 0 Å². The van der Waals surface area contributed by atoms with Crippen LogP contribution in [0.1, 0.15) is 17.7 Å². The zero-order chi connectivity index (χ0) is 11.6. The Hall–Kier alpha value is -1.37. The largest absolute Gasteiger partial charge is 0.315 e. The molecule has 78 valence electrons. The predicted molar refractivity (Wildman–Crippen MR) is 53.3 cm³/mol. The van der Waals surface area contributed by atoms with E-state index in [1.165, 1.54) is 6.07 Å². The van der Waals surface area contributed by atoms with Crippen molar-refractivity contribution in [2.45, 2.75) is 6.43 Å². The first kappa shape index (κ1) is 11.7. The fourth-order valence-corrected chi connectivity index (χ4v) is 1.46. The number of rotatable bonds is 2. The predicted octanol–water partition coefficient (Wildman–Crippen LogP) is 2.40. The number of alkyl halides is 2. The van der Waals surface area contributed by atoms with Crippen LogP contribution in [-0.4, -0.2) is 9.91 Å². The van der Waals surface area contributed by atoms with E-state index in [4.69, 9.17) is 5.26 Å². The number of nitro groups is 1. The van der Waals surface area contributed by atoms with Gasteiger partial charge in [0.1, 0.15) is 11.6 Å². The summed E-state index contributed by atoms with van der Waals surface area (Å²) in [6.45, 7) is 0. The molecular formula is C7H2F2IN3O2. The third kappa shape index (κ3) is 2.17. The van der Waals surface area contributed by atoms with E-state index in [0.717, 1.165) is 6.20 Å². The van der Waals surface area contributed by atoms with Gasteiger partial charge in [-0.25, -0.2) is 13.8 Å².